The number of nitrogens with zero attached hydrogens (tertiary/aromatic N) is 3. The molecule has 102 valence electrons. The van der Waals surface area contributed by atoms with Crippen LogP contribution in [0.3, 0.4) is 0 Å². The molecule has 0 spiro atoms. The van der Waals surface area contributed by atoms with Crippen molar-refractivity contribution >= 4 is 17.2 Å². The maximum Gasteiger partial charge on any atom is 0.153 e. The summed E-state index contributed by atoms with van der Waals surface area (Å²) >= 11 is 1.66. The second kappa shape index (κ2) is 6.15. The van der Waals surface area contributed by atoms with Crippen LogP contribution < -0.4 is 5.73 Å². The lowest BCUT2D eigenvalue weighted by atomic mass is 9.93. The molecule has 3 N–H and O–H groups in total. The van der Waals surface area contributed by atoms with E-state index in [4.69, 9.17) is 10.9 Å². The first kappa shape index (κ1) is 14.9. The van der Waals surface area contributed by atoms with Crippen LogP contribution in [0.1, 0.15) is 38.4 Å². The Hall–Kier alpha value is -1.14. The van der Waals surface area contributed by atoms with Gasteiger partial charge >= 0.3 is 0 Å². The number of rotatable bonds is 5. The molecule has 0 unspecified atom stereocenters. The highest BCUT2D eigenvalue weighted by atomic mass is 32.1. The Kier molecular flexibility index (Phi) is 5.10. The molecule has 0 saturated heterocycles. The normalized spacial score (nSPS) is 13.3. The standard InChI is InChI=1S/C12H22N4OS/c1-5-16(6-10(13)15-17)7-11-14-9(8-18-11)12(2,3)4/h8,17H,5-7H2,1-4H3,(H2,13,15). The lowest BCUT2D eigenvalue weighted by molar-refractivity contribution is 0.294. The lowest BCUT2D eigenvalue weighted by Gasteiger charge is -2.18. The van der Waals surface area contributed by atoms with Crippen LogP contribution in [0.4, 0.5) is 0 Å². The molecule has 0 amide bonds. The minimum atomic E-state index is 0.0807. The van der Waals surface area contributed by atoms with Crippen molar-refractivity contribution in [2.45, 2.75) is 39.7 Å². The molecule has 0 aromatic carbocycles. The van der Waals surface area contributed by atoms with Gasteiger partial charge < -0.3 is 10.9 Å². The largest absolute Gasteiger partial charge is 0.409 e. The maximum absolute atomic E-state index is 8.58. The highest BCUT2D eigenvalue weighted by Gasteiger charge is 2.18. The average Bonchev–Trinajstić information content (AvgIpc) is 2.76. The molecule has 6 heteroatoms. The Morgan fingerprint density at radius 3 is 2.67 bits per heavy atom. The third kappa shape index (κ3) is 4.27. The summed E-state index contributed by atoms with van der Waals surface area (Å²) in [7, 11) is 0. The van der Waals surface area contributed by atoms with E-state index in [1.807, 2.05) is 6.92 Å². The summed E-state index contributed by atoms with van der Waals surface area (Å²) in [5.41, 5.74) is 6.71. The van der Waals surface area contributed by atoms with Gasteiger partial charge in [-0.15, -0.1) is 11.3 Å². The summed E-state index contributed by atoms with van der Waals surface area (Å²) in [4.78, 5) is 6.72. The number of thiazole rings is 1. The molecule has 0 fully saturated rings. The van der Waals surface area contributed by atoms with Gasteiger partial charge in [-0.25, -0.2) is 4.98 Å². The molecular weight excluding hydrogens is 248 g/mol. The molecule has 1 aromatic heterocycles. The van der Waals surface area contributed by atoms with Crippen LogP contribution in [0.2, 0.25) is 0 Å². The topological polar surface area (TPSA) is 74.7 Å². The zero-order valence-corrected chi connectivity index (χ0v) is 12.3. The molecule has 0 radical (unpaired) electrons. The average molecular weight is 270 g/mol. The van der Waals surface area contributed by atoms with Gasteiger partial charge in [0.25, 0.3) is 0 Å². The second-order valence-electron chi connectivity index (χ2n) is 5.27. The highest BCUT2D eigenvalue weighted by Crippen LogP contribution is 2.24. The number of amidine groups is 1. The second-order valence-corrected chi connectivity index (χ2v) is 6.21. The first-order chi connectivity index (χ1) is 8.36. The summed E-state index contributed by atoms with van der Waals surface area (Å²) in [6.45, 7) is 10.5. The van der Waals surface area contributed by atoms with Crippen molar-refractivity contribution in [2.24, 2.45) is 10.9 Å². The van der Waals surface area contributed by atoms with Gasteiger partial charge in [-0.05, 0) is 6.54 Å². The van der Waals surface area contributed by atoms with Gasteiger partial charge in [0.1, 0.15) is 5.01 Å². The Morgan fingerprint density at radius 2 is 2.22 bits per heavy atom. The Balaban J connectivity index is 2.68. The molecule has 0 aliphatic carbocycles. The molecule has 5 nitrogen and oxygen atoms in total. The van der Waals surface area contributed by atoms with E-state index in [2.05, 4.69) is 41.2 Å². The predicted octanol–water partition coefficient (Wildman–Crippen LogP) is 2.01. The predicted molar refractivity (Wildman–Crippen MR) is 75.2 cm³/mol. The van der Waals surface area contributed by atoms with Crippen LogP contribution in [-0.2, 0) is 12.0 Å². The Bertz CT molecular complexity index is 408. The fraction of sp³-hybridized carbons (Fsp3) is 0.667. The minimum absolute atomic E-state index is 0.0807. The third-order valence-electron chi connectivity index (χ3n) is 2.64. The van der Waals surface area contributed by atoms with E-state index < -0.39 is 0 Å². The van der Waals surface area contributed by atoms with E-state index in [1.54, 1.807) is 11.3 Å². The van der Waals surface area contributed by atoms with E-state index in [-0.39, 0.29) is 11.3 Å². The van der Waals surface area contributed by atoms with E-state index in [1.165, 1.54) is 0 Å². The van der Waals surface area contributed by atoms with E-state index in [9.17, 15) is 0 Å². The molecule has 1 rings (SSSR count). The van der Waals surface area contributed by atoms with Crippen LogP contribution in [0.15, 0.2) is 10.5 Å². The lowest BCUT2D eigenvalue weighted by Crippen LogP contribution is -2.33. The molecule has 0 aliphatic heterocycles. The Labute approximate surface area is 112 Å². The van der Waals surface area contributed by atoms with E-state index in [0.29, 0.717) is 6.54 Å². The fourth-order valence-corrected chi connectivity index (χ4v) is 2.52. The molecule has 1 aromatic rings. The fourth-order valence-electron chi connectivity index (χ4n) is 1.46. The Morgan fingerprint density at radius 1 is 1.56 bits per heavy atom. The van der Waals surface area contributed by atoms with Crippen LogP contribution in [0.5, 0.6) is 0 Å². The first-order valence-electron chi connectivity index (χ1n) is 6.00. The van der Waals surface area contributed by atoms with Gasteiger partial charge in [-0.3, -0.25) is 4.90 Å². The molecule has 1 heterocycles. The first-order valence-corrected chi connectivity index (χ1v) is 6.88. The van der Waals surface area contributed by atoms with Gasteiger partial charge in [0.15, 0.2) is 5.84 Å². The van der Waals surface area contributed by atoms with Crippen molar-refractivity contribution in [3.05, 3.63) is 16.1 Å². The number of likely N-dealkylation sites (N-methyl/N-ethyl adjacent to an activating group) is 1. The van der Waals surface area contributed by atoms with Gasteiger partial charge in [0.05, 0.1) is 18.8 Å². The quantitative estimate of drug-likeness (QED) is 0.371. The summed E-state index contributed by atoms with van der Waals surface area (Å²) < 4.78 is 0. The number of oxime groups is 1. The number of hydrogen-bond acceptors (Lipinski definition) is 5. The number of nitrogens with two attached hydrogens (primary N) is 1. The van der Waals surface area contributed by atoms with Crippen molar-refractivity contribution in [1.82, 2.24) is 9.88 Å². The molecule has 0 bridgehead atoms. The SMILES string of the molecule is CCN(CC(N)=NO)Cc1nc(C(C)(C)C)cs1. The maximum atomic E-state index is 8.58. The summed E-state index contributed by atoms with van der Waals surface area (Å²) in [5, 5.41) is 14.7. The van der Waals surface area contributed by atoms with E-state index in [0.717, 1.165) is 23.8 Å². The summed E-state index contributed by atoms with van der Waals surface area (Å²) in [5.74, 6) is 0.226. The smallest absolute Gasteiger partial charge is 0.153 e. The molecule has 0 aliphatic rings. The molecule has 0 atom stereocenters. The monoisotopic (exact) mass is 270 g/mol. The van der Waals surface area contributed by atoms with Crippen LogP contribution in [-0.4, -0.2) is 34.0 Å². The summed E-state index contributed by atoms with van der Waals surface area (Å²) in [6.07, 6.45) is 0. The van der Waals surface area contributed by atoms with Crippen molar-refractivity contribution in [1.29, 1.82) is 0 Å². The number of aromatic nitrogens is 1. The number of hydrogen-bond donors (Lipinski definition) is 2. The molecule has 18 heavy (non-hydrogen) atoms. The van der Waals surface area contributed by atoms with Crippen molar-refractivity contribution < 1.29 is 5.21 Å². The van der Waals surface area contributed by atoms with Gasteiger partial charge in [0.2, 0.25) is 0 Å². The highest BCUT2D eigenvalue weighted by molar-refractivity contribution is 7.09. The van der Waals surface area contributed by atoms with E-state index >= 15 is 0 Å². The zero-order chi connectivity index (χ0) is 13.8. The minimum Gasteiger partial charge on any atom is -0.409 e. The van der Waals surface area contributed by atoms with Gasteiger partial charge in [0, 0.05) is 10.8 Å². The van der Waals surface area contributed by atoms with Crippen LogP contribution in [0.25, 0.3) is 0 Å². The van der Waals surface area contributed by atoms with Gasteiger partial charge in [-0.2, -0.15) is 0 Å². The third-order valence-corrected chi connectivity index (χ3v) is 3.47. The van der Waals surface area contributed by atoms with Crippen LogP contribution >= 0.6 is 11.3 Å². The summed E-state index contributed by atoms with van der Waals surface area (Å²) in [6, 6.07) is 0. The van der Waals surface area contributed by atoms with Crippen molar-refractivity contribution in [3.8, 4) is 0 Å². The van der Waals surface area contributed by atoms with Crippen LogP contribution in [0, 0.1) is 0 Å². The molecule has 0 saturated carbocycles. The zero-order valence-electron chi connectivity index (χ0n) is 11.5. The van der Waals surface area contributed by atoms with Crippen molar-refractivity contribution in [3.63, 3.8) is 0 Å². The van der Waals surface area contributed by atoms with Gasteiger partial charge in [-0.1, -0.05) is 32.9 Å². The molecular formula is C12H22N4OS. The van der Waals surface area contributed by atoms with Crippen molar-refractivity contribution in [2.75, 3.05) is 13.1 Å².